The largest absolute Gasteiger partial charge is 0.477 e. The van der Waals surface area contributed by atoms with Crippen molar-refractivity contribution in [3.63, 3.8) is 0 Å². The molecule has 2 aromatic heterocycles. The molecular weight excluding hydrogens is 260 g/mol. The first-order chi connectivity index (χ1) is 9.50. The molecule has 0 aliphatic rings. The lowest BCUT2D eigenvalue weighted by Crippen LogP contribution is -2.26. The van der Waals surface area contributed by atoms with Crippen molar-refractivity contribution in [1.29, 1.82) is 0 Å². The molecule has 2 aromatic rings. The Morgan fingerprint density at radius 1 is 1.40 bits per heavy atom. The van der Waals surface area contributed by atoms with Crippen LogP contribution in [0, 0.1) is 13.8 Å². The van der Waals surface area contributed by atoms with E-state index in [4.69, 9.17) is 9.52 Å². The zero-order chi connectivity index (χ0) is 14.7. The molecule has 3 N–H and O–H groups in total. The van der Waals surface area contributed by atoms with Crippen molar-refractivity contribution in [1.82, 2.24) is 10.3 Å². The Balaban J connectivity index is 2.04. The van der Waals surface area contributed by atoms with Crippen LogP contribution >= 0.6 is 0 Å². The number of hydrogen-bond acceptors (Lipinski definition) is 3. The summed E-state index contributed by atoms with van der Waals surface area (Å²) in [5.41, 5.74) is 1.45. The van der Waals surface area contributed by atoms with E-state index in [2.05, 4.69) is 10.3 Å². The first-order valence-electron chi connectivity index (χ1n) is 6.23. The van der Waals surface area contributed by atoms with Gasteiger partial charge >= 0.3 is 5.97 Å². The monoisotopic (exact) mass is 276 g/mol. The van der Waals surface area contributed by atoms with E-state index < -0.39 is 5.97 Å². The SMILES string of the molecule is Cc1[nH]c(C(=O)O)c(C)c1C(=O)NCCc1ccco1. The lowest BCUT2D eigenvalue weighted by molar-refractivity contribution is 0.0690. The highest BCUT2D eigenvalue weighted by Gasteiger charge is 2.21. The Morgan fingerprint density at radius 2 is 2.15 bits per heavy atom. The van der Waals surface area contributed by atoms with Gasteiger partial charge in [0, 0.05) is 18.7 Å². The summed E-state index contributed by atoms with van der Waals surface area (Å²) in [6.45, 7) is 3.73. The number of H-pyrrole nitrogens is 1. The predicted octanol–water partition coefficient (Wildman–Crippen LogP) is 1.90. The Bertz CT molecular complexity index is 626. The molecule has 0 saturated carbocycles. The Kier molecular flexibility index (Phi) is 3.93. The fourth-order valence-electron chi connectivity index (χ4n) is 2.15. The third kappa shape index (κ3) is 2.74. The fourth-order valence-corrected chi connectivity index (χ4v) is 2.15. The number of aryl methyl sites for hydroxylation is 1. The molecule has 6 heteroatoms. The van der Waals surface area contributed by atoms with Gasteiger partial charge in [-0.2, -0.15) is 0 Å². The highest BCUT2D eigenvalue weighted by atomic mass is 16.4. The van der Waals surface area contributed by atoms with Gasteiger partial charge in [0.2, 0.25) is 0 Å². The van der Waals surface area contributed by atoms with E-state index in [0.717, 1.165) is 5.76 Å². The number of carboxylic acid groups (broad SMARTS) is 1. The van der Waals surface area contributed by atoms with Crippen LogP contribution in [0.3, 0.4) is 0 Å². The average Bonchev–Trinajstić information content (AvgIpc) is 2.97. The van der Waals surface area contributed by atoms with E-state index in [1.807, 2.05) is 6.07 Å². The van der Waals surface area contributed by atoms with Crippen molar-refractivity contribution in [3.05, 3.63) is 46.7 Å². The van der Waals surface area contributed by atoms with Crippen molar-refractivity contribution in [3.8, 4) is 0 Å². The summed E-state index contributed by atoms with van der Waals surface area (Å²) in [5, 5.41) is 11.8. The molecule has 0 atom stereocenters. The Labute approximate surface area is 115 Å². The van der Waals surface area contributed by atoms with Crippen molar-refractivity contribution >= 4 is 11.9 Å². The van der Waals surface area contributed by atoms with Gasteiger partial charge in [0.25, 0.3) is 5.91 Å². The van der Waals surface area contributed by atoms with Gasteiger partial charge in [0.1, 0.15) is 11.5 Å². The molecule has 0 unspecified atom stereocenters. The second-order valence-corrected chi connectivity index (χ2v) is 4.52. The molecule has 0 radical (unpaired) electrons. The molecule has 1 amide bonds. The van der Waals surface area contributed by atoms with Crippen LogP contribution in [0.4, 0.5) is 0 Å². The number of carboxylic acids is 1. The van der Waals surface area contributed by atoms with E-state index in [0.29, 0.717) is 29.8 Å². The first-order valence-corrected chi connectivity index (χ1v) is 6.23. The summed E-state index contributed by atoms with van der Waals surface area (Å²) in [6, 6.07) is 3.62. The number of nitrogens with one attached hydrogen (secondary N) is 2. The van der Waals surface area contributed by atoms with Crippen LogP contribution < -0.4 is 5.32 Å². The van der Waals surface area contributed by atoms with E-state index >= 15 is 0 Å². The van der Waals surface area contributed by atoms with E-state index in [1.54, 1.807) is 26.2 Å². The number of hydrogen-bond donors (Lipinski definition) is 3. The summed E-state index contributed by atoms with van der Waals surface area (Å²) >= 11 is 0. The maximum absolute atomic E-state index is 12.1. The highest BCUT2D eigenvalue weighted by molar-refractivity contribution is 6.00. The number of amides is 1. The van der Waals surface area contributed by atoms with Crippen LogP contribution in [-0.4, -0.2) is 28.5 Å². The zero-order valence-electron chi connectivity index (χ0n) is 11.3. The lowest BCUT2D eigenvalue weighted by Gasteiger charge is -2.05. The van der Waals surface area contributed by atoms with Gasteiger partial charge in [-0.1, -0.05) is 0 Å². The molecule has 0 fully saturated rings. The third-order valence-electron chi connectivity index (χ3n) is 3.12. The minimum absolute atomic E-state index is 0.0543. The van der Waals surface area contributed by atoms with Gasteiger partial charge in [-0.3, -0.25) is 4.79 Å². The summed E-state index contributed by atoms with van der Waals surface area (Å²) in [6.07, 6.45) is 2.17. The molecule has 2 rings (SSSR count). The maximum atomic E-state index is 12.1. The second kappa shape index (κ2) is 5.64. The standard InChI is InChI=1S/C14H16N2O4/c1-8-11(9(2)16-12(8)14(18)19)13(17)15-6-5-10-4-3-7-20-10/h3-4,7,16H,5-6H2,1-2H3,(H,15,17)(H,18,19). The average molecular weight is 276 g/mol. The van der Waals surface area contributed by atoms with Gasteiger partial charge in [0.05, 0.1) is 11.8 Å². The quantitative estimate of drug-likeness (QED) is 0.777. The molecule has 20 heavy (non-hydrogen) atoms. The van der Waals surface area contributed by atoms with E-state index in [-0.39, 0.29) is 11.6 Å². The fraction of sp³-hybridized carbons (Fsp3) is 0.286. The Hall–Kier alpha value is -2.50. The number of aromatic carboxylic acids is 1. The van der Waals surface area contributed by atoms with Crippen molar-refractivity contribution in [2.75, 3.05) is 6.54 Å². The third-order valence-corrected chi connectivity index (χ3v) is 3.12. The minimum Gasteiger partial charge on any atom is -0.477 e. The summed E-state index contributed by atoms with van der Waals surface area (Å²) in [7, 11) is 0. The number of rotatable bonds is 5. The van der Waals surface area contributed by atoms with E-state index in [1.165, 1.54) is 0 Å². The summed E-state index contributed by atoms with van der Waals surface area (Å²) in [4.78, 5) is 25.8. The number of aromatic nitrogens is 1. The van der Waals surface area contributed by atoms with Crippen LogP contribution in [0.2, 0.25) is 0 Å². The topological polar surface area (TPSA) is 95.3 Å². The maximum Gasteiger partial charge on any atom is 0.352 e. The summed E-state index contributed by atoms with van der Waals surface area (Å²) < 4.78 is 5.17. The van der Waals surface area contributed by atoms with Crippen LogP contribution in [0.5, 0.6) is 0 Å². The number of furan rings is 1. The van der Waals surface area contributed by atoms with Crippen LogP contribution in [0.1, 0.15) is 37.9 Å². The predicted molar refractivity (Wildman–Crippen MR) is 72.0 cm³/mol. The summed E-state index contributed by atoms with van der Waals surface area (Å²) in [5.74, 6) is -0.561. The minimum atomic E-state index is -1.07. The highest BCUT2D eigenvalue weighted by Crippen LogP contribution is 2.17. The van der Waals surface area contributed by atoms with Crippen molar-refractivity contribution in [2.45, 2.75) is 20.3 Å². The van der Waals surface area contributed by atoms with Crippen LogP contribution in [-0.2, 0) is 6.42 Å². The normalized spacial score (nSPS) is 10.5. The van der Waals surface area contributed by atoms with Gasteiger partial charge in [0.15, 0.2) is 0 Å². The molecule has 2 heterocycles. The van der Waals surface area contributed by atoms with Crippen LogP contribution in [0.15, 0.2) is 22.8 Å². The molecule has 0 saturated heterocycles. The molecular formula is C14H16N2O4. The van der Waals surface area contributed by atoms with Gasteiger partial charge in [-0.25, -0.2) is 4.79 Å². The Morgan fingerprint density at radius 3 is 2.70 bits per heavy atom. The molecule has 0 aromatic carbocycles. The number of carbonyl (C=O) groups excluding carboxylic acids is 1. The molecule has 0 spiro atoms. The molecule has 0 bridgehead atoms. The van der Waals surface area contributed by atoms with Gasteiger partial charge in [-0.05, 0) is 31.5 Å². The molecule has 0 aliphatic carbocycles. The first kappa shape index (κ1) is 13.9. The zero-order valence-corrected chi connectivity index (χ0v) is 11.3. The van der Waals surface area contributed by atoms with E-state index in [9.17, 15) is 9.59 Å². The number of aromatic amines is 1. The lowest BCUT2D eigenvalue weighted by atomic mass is 10.1. The number of carbonyl (C=O) groups is 2. The van der Waals surface area contributed by atoms with Crippen molar-refractivity contribution in [2.24, 2.45) is 0 Å². The van der Waals surface area contributed by atoms with Crippen LogP contribution in [0.25, 0.3) is 0 Å². The second-order valence-electron chi connectivity index (χ2n) is 4.52. The smallest absolute Gasteiger partial charge is 0.352 e. The van der Waals surface area contributed by atoms with Crippen molar-refractivity contribution < 1.29 is 19.1 Å². The van der Waals surface area contributed by atoms with Gasteiger partial charge < -0.3 is 19.8 Å². The molecule has 106 valence electrons. The van der Waals surface area contributed by atoms with Gasteiger partial charge in [-0.15, -0.1) is 0 Å². The molecule has 0 aliphatic heterocycles. The molecule has 6 nitrogen and oxygen atoms in total.